The molecular formula is C14H19F3N2O2. The van der Waals surface area contributed by atoms with Crippen LogP contribution in [0.15, 0.2) is 18.2 Å². The Balaban J connectivity index is 3.11. The minimum Gasteiger partial charge on any atom is -0.497 e. The van der Waals surface area contributed by atoms with Crippen molar-refractivity contribution in [2.75, 3.05) is 19.0 Å². The number of carbonyl (C=O) groups excluding carboxylic acids is 1. The SMILES string of the molecule is CCNC(C)(C)C(=O)Nc1ccc(OC)cc1C(F)(F)F. The average molecular weight is 304 g/mol. The van der Waals surface area contributed by atoms with Crippen LogP contribution in [0.25, 0.3) is 0 Å². The highest BCUT2D eigenvalue weighted by molar-refractivity contribution is 5.98. The van der Waals surface area contributed by atoms with Crippen molar-refractivity contribution in [2.45, 2.75) is 32.5 Å². The smallest absolute Gasteiger partial charge is 0.418 e. The van der Waals surface area contributed by atoms with Crippen LogP contribution in [0.3, 0.4) is 0 Å². The van der Waals surface area contributed by atoms with Crippen molar-refractivity contribution in [2.24, 2.45) is 0 Å². The van der Waals surface area contributed by atoms with Gasteiger partial charge in [0.25, 0.3) is 0 Å². The molecule has 0 heterocycles. The highest BCUT2D eigenvalue weighted by Gasteiger charge is 2.36. The number of nitrogens with one attached hydrogen (secondary N) is 2. The molecule has 0 fully saturated rings. The molecule has 4 nitrogen and oxygen atoms in total. The van der Waals surface area contributed by atoms with Gasteiger partial charge < -0.3 is 15.4 Å². The van der Waals surface area contributed by atoms with Gasteiger partial charge in [0.05, 0.1) is 23.9 Å². The normalized spacial score (nSPS) is 12.1. The maximum atomic E-state index is 13.0. The summed E-state index contributed by atoms with van der Waals surface area (Å²) in [5.74, 6) is -0.466. The number of likely N-dealkylation sites (N-methyl/N-ethyl adjacent to an activating group) is 1. The summed E-state index contributed by atoms with van der Waals surface area (Å²) in [4.78, 5) is 12.1. The number of alkyl halides is 3. The largest absolute Gasteiger partial charge is 0.497 e. The van der Waals surface area contributed by atoms with Gasteiger partial charge >= 0.3 is 6.18 Å². The lowest BCUT2D eigenvalue weighted by Gasteiger charge is -2.25. The van der Waals surface area contributed by atoms with Gasteiger partial charge in [0, 0.05) is 0 Å². The van der Waals surface area contributed by atoms with E-state index in [0.29, 0.717) is 6.54 Å². The molecule has 1 amide bonds. The maximum Gasteiger partial charge on any atom is 0.418 e. The molecule has 7 heteroatoms. The Morgan fingerprint density at radius 1 is 1.29 bits per heavy atom. The molecule has 1 rings (SSSR count). The van der Waals surface area contributed by atoms with Crippen molar-refractivity contribution in [1.29, 1.82) is 0 Å². The summed E-state index contributed by atoms with van der Waals surface area (Å²) in [6.45, 7) is 5.53. The average Bonchev–Trinajstić information content (AvgIpc) is 2.37. The summed E-state index contributed by atoms with van der Waals surface area (Å²) in [6.07, 6.45) is -4.58. The number of methoxy groups -OCH3 is 1. The fourth-order valence-electron chi connectivity index (χ4n) is 1.79. The monoisotopic (exact) mass is 304 g/mol. The maximum absolute atomic E-state index is 13.0. The third-order valence-corrected chi connectivity index (χ3v) is 2.97. The summed E-state index contributed by atoms with van der Waals surface area (Å²) < 4.78 is 43.9. The van der Waals surface area contributed by atoms with Crippen LogP contribution in [0.2, 0.25) is 0 Å². The van der Waals surface area contributed by atoms with Crippen molar-refractivity contribution in [3.8, 4) is 5.75 Å². The molecule has 0 saturated heterocycles. The van der Waals surface area contributed by atoms with Gasteiger partial charge in [-0.2, -0.15) is 13.2 Å². The van der Waals surface area contributed by atoms with Crippen molar-refractivity contribution in [3.05, 3.63) is 23.8 Å². The van der Waals surface area contributed by atoms with Crippen molar-refractivity contribution >= 4 is 11.6 Å². The zero-order chi connectivity index (χ0) is 16.3. The molecule has 118 valence electrons. The topological polar surface area (TPSA) is 50.4 Å². The number of ether oxygens (including phenoxy) is 1. The number of benzene rings is 1. The Kier molecular flexibility index (Phi) is 5.22. The van der Waals surface area contributed by atoms with Crippen LogP contribution in [0.5, 0.6) is 5.75 Å². The molecule has 0 radical (unpaired) electrons. The molecule has 1 aromatic rings. The Morgan fingerprint density at radius 3 is 2.38 bits per heavy atom. The van der Waals surface area contributed by atoms with Crippen LogP contribution >= 0.6 is 0 Å². The molecule has 0 spiro atoms. The third-order valence-electron chi connectivity index (χ3n) is 2.97. The number of hydrogen-bond donors (Lipinski definition) is 2. The van der Waals surface area contributed by atoms with Crippen LogP contribution in [0.4, 0.5) is 18.9 Å². The van der Waals surface area contributed by atoms with Gasteiger partial charge in [-0.25, -0.2) is 0 Å². The summed E-state index contributed by atoms with van der Waals surface area (Å²) >= 11 is 0. The Labute approximate surface area is 121 Å². The van der Waals surface area contributed by atoms with Gasteiger partial charge in [0.15, 0.2) is 0 Å². The van der Waals surface area contributed by atoms with E-state index in [1.165, 1.54) is 19.2 Å². The van der Waals surface area contributed by atoms with E-state index in [1.54, 1.807) is 13.8 Å². The molecule has 0 aliphatic heterocycles. The van der Waals surface area contributed by atoms with Gasteiger partial charge in [-0.15, -0.1) is 0 Å². The van der Waals surface area contributed by atoms with Crippen molar-refractivity contribution in [3.63, 3.8) is 0 Å². The van der Waals surface area contributed by atoms with Crippen LogP contribution < -0.4 is 15.4 Å². The number of halogens is 3. The van der Waals surface area contributed by atoms with Crippen LogP contribution in [0, 0.1) is 0 Å². The standard InChI is InChI=1S/C14H19F3N2O2/c1-5-18-13(2,3)12(20)19-11-7-6-9(21-4)8-10(11)14(15,16)17/h6-8,18H,5H2,1-4H3,(H,19,20). The second-order valence-corrected chi connectivity index (χ2v) is 5.02. The number of carbonyl (C=O) groups is 1. The molecule has 0 atom stereocenters. The first-order valence-electron chi connectivity index (χ1n) is 6.43. The summed E-state index contributed by atoms with van der Waals surface area (Å²) in [7, 11) is 1.28. The van der Waals surface area contributed by atoms with Gasteiger partial charge in [-0.3, -0.25) is 4.79 Å². The van der Waals surface area contributed by atoms with Gasteiger partial charge in [-0.05, 0) is 38.6 Å². The molecular weight excluding hydrogens is 285 g/mol. The summed E-state index contributed by atoms with van der Waals surface area (Å²) in [5.41, 5.74) is -2.21. The Morgan fingerprint density at radius 2 is 1.90 bits per heavy atom. The van der Waals surface area contributed by atoms with Gasteiger partial charge in [0.1, 0.15) is 5.75 Å². The zero-order valence-electron chi connectivity index (χ0n) is 12.4. The second kappa shape index (κ2) is 6.34. The quantitative estimate of drug-likeness (QED) is 0.879. The van der Waals surface area contributed by atoms with E-state index in [1.807, 2.05) is 6.92 Å². The number of rotatable bonds is 5. The van der Waals surface area contributed by atoms with Crippen molar-refractivity contribution < 1.29 is 22.7 Å². The van der Waals surface area contributed by atoms with E-state index in [0.717, 1.165) is 6.07 Å². The Hall–Kier alpha value is -1.76. The highest BCUT2D eigenvalue weighted by atomic mass is 19.4. The van der Waals surface area contributed by atoms with E-state index in [-0.39, 0.29) is 11.4 Å². The lowest BCUT2D eigenvalue weighted by Crippen LogP contribution is -2.49. The Bertz CT molecular complexity index is 513. The molecule has 1 aromatic carbocycles. The van der Waals surface area contributed by atoms with E-state index in [2.05, 4.69) is 10.6 Å². The lowest BCUT2D eigenvalue weighted by molar-refractivity contribution is -0.137. The molecule has 0 aliphatic carbocycles. The fourth-order valence-corrected chi connectivity index (χ4v) is 1.79. The summed E-state index contributed by atoms with van der Waals surface area (Å²) in [5, 5.41) is 5.22. The number of amides is 1. The first-order chi connectivity index (χ1) is 9.61. The van der Waals surface area contributed by atoms with Gasteiger partial charge in [-0.1, -0.05) is 6.92 Å². The molecule has 0 unspecified atom stereocenters. The first-order valence-corrected chi connectivity index (χ1v) is 6.43. The second-order valence-electron chi connectivity index (χ2n) is 5.02. The molecule has 0 aliphatic rings. The molecule has 0 aromatic heterocycles. The van der Waals surface area contributed by atoms with Gasteiger partial charge in [0.2, 0.25) is 5.91 Å². The number of anilines is 1. The summed E-state index contributed by atoms with van der Waals surface area (Å²) in [6, 6.07) is 3.41. The predicted octanol–water partition coefficient (Wildman–Crippen LogP) is 3.04. The van der Waals surface area contributed by atoms with Crippen molar-refractivity contribution in [1.82, 2.24) is 5.32 Å². The van der Waals surface area contributed by atoms with Crippen LogP contribution in [-0.4, -0.2) is 25.1 Å². The van der Waals surface area contributed by atoms with E-state index < -0.39 is 23.2 Å². The minimum atomic E-state index is -4.58. The minimum absolute atomic E-state index is 0.0752. The van der Waals surface area contributed by atoms with Crippen LogP contribution in [0.1, 0.15) is 26.3 Å². The van der Waals surface area contributed by atoms with E-state index >= 15 is 0 Å². The molecule has 0 saturated carbocycles. The van der Waals surface area contributed by atoms with E-state index in [4.69, 9.17) is 4.74 Å². The molecule has 2 N–H and O–H groups in total. The zero-order valence-corrected chi connectivity index (χ0v) is 12.4. The molecule has 0 bridgehead atoms. The van der Waals surface area contributed by atoms with E-state index in [9.17, 15) is 18.0 Å². The highest BCUT2D eigenvalue weighted by Crippen LogP contribution is 2.37. The predicted molar refractivity (Wildman–Crippen MR) is 74.4 cm³/mol. The number of hydrogen-bond acceptors (Lipinski definition) is 3. The fraction of sp³-hybridized carbons (Fsp3) is 0.500. The third kappa shape index (κ3) is 4.35. The van der Waals surface area contributed by atoms with Crippen LogP contribution in [-0.2, 0) is 11.0 Å². The first kappa shape index (κ1) is 17.3. The molecule has 21 heavy (non-hydrogen) atoms. The lowest BCUT2D eigenvalue weighted by atomic mass is 10.0.